The van der Waals surface area contributed by atoms with Crippen molar-refractivity contribution in [2.75, 3.05) is 11.9 Å². The highest BCUT2D eigenvalue weighted by Crippen LogP contribution is 2.38. The molecule has 1 amide bonds. The summed E-state index contributed by atoms with van der Waals surface area (Å²) in [6.07, 6.45) is 4.96. The Balaban J connectivity index is 1.52. The smallest absolute Gasteiger partial charge is 0.341 e. The molecule has 1 aromatic carbocycles. The van der Waals surface area contributed by atoms with Crippen LogP contribution in [0.1, 0.15) is 64.3 Å². The maximum Gasteiger partial charge on any atom is 0.341 e. The van der Waals surface area contributed by atoms with Crippen molar-refractivity contribution in [2.45, 2.75) is 52.1 Å². The molecule has 0 saturated carbocycles. The van der Waals surface area contributed by atoms with Gasteiger partial charge in [0, 0.05) is 4.88 Å². The Kier molecular flexibility index (Phi) is 6.55. The van der Waals surface area contributed by atoms with Crippen LogP contribution in [-0.2, 0) is 27.1 Å². The molecule has 32 heavy (non-hydrogen) atoms. The normalized spacial score (nSPS) is 14.3. The number of aryl methyl sites for hydroxylation is 1. The molecule has 8 nitrogen and oxygen atoms in total. The van der Waals surface area contributed by atoms with E-state index in [1.165, 1.54) is 24.7 Å². The number of fused-ring (bicyclic) bond motifs is 2. The number of rotatable bonds is 6. The van der Waals surface area contributed by atoms with Crippen molar-refractivity contribution in [3.8, 4) is 0 Å². The van der Waals surface area contributed by atoms with Gasteiger partial charge in [-0.25, -0.2) is 14.6 Å². The van der Waals surface area contributed by atoms with Gasteiger partial charge in [0.2, 0.25) is 0 Å². The van der Waals surface area contributed by atoms with Gasteiger partial charge in [-0.15, -0.1) is 11.3 Å². The molecule has 0 aliphatic heterocycles. The van der Waals surface area contributed by atoms with Crippen LogP contribution in [0, 0.1) is 0 Å². The highest BCUT2D eigenvalue weighted by atomic mass is 32.1. The van der Waals surface area contributed by atoms with Gasteiger partial charge >= 0.3 is 11.9 Å². The highest BCUT2D eigenvalue weighted by Gasteiger charge is 2.28. The van der Waals surface area contributed by atoms with Crippen molar-refractivity contribution in [2.24, 2.45) is 0 Å². The highest BCUT2D eigenvalue weighted by molar-refractivity contribution is 7.17. The summed E-state index contributed by atoms with van der Waals surface area (Å²) in [6.45, 7) is 3.48. The zero-order chi connectivity index (χ0) is 22.7. The fourth-order valence-corrected chi connectivity index (χ4v) is 5.07. The van der Waals surface area contributed by atoms with E-state index in [4.69, 9.17) is 13.9 Å². The summed E-state index contributed by atoms with van der Waals surface area (Å²) in [6, 6.07) is 4.90. The quantitative estimate of drug-likeness (QED) is 0.429. The van der Waals surface area contributed by atoms with E-state index in [2.05, 4.69) is 10.3 Å². The van der Waals surface area contributed by atoms with Crippen LogP contribution in [0.3, 0.4) is 0 Å². The number of ether oxygens (including phenoxy) is 2. The summed E-state index contributed by atoms with van der Waals surface area (Å²) < 4.78 is 15.8. The summed E-state index contributed by atoms with van der Waals surface area (Å²) >= 11 is 1.40. The Bertz CT molecular complexity index is 1160. The fourth-order valence-electron chi connectivity index (χ4n) is 3.79. The van der Waals surface area contributed by atoms with Crippen molar-refractivity contribution in [3.63, 3.8) is 0 Å². The number of thiophene rings is 1. The lowest BCUT2D eigenvalue weighted by Gasteiger charge is -2.14. The van der Waals surface area contributed by atoms with Gasteiger partial charge in [0.25, 0.3) is 5.91 Å². The number of para-hydroxylation sites is 1. The number of oxazole rings is 1. The number of hydrogen-bond acceptors (Lipinski definition) is 8. The van der Waals surface area contributed by atoms with Crippen molar-refractivity contribution in [1.82, 2.24) is 4.98 Å². The third kappa shape index (κ3) is 4.38. The first-order valence-corrected chi connectivity index (χ1v) is 11.5. The molecular formula is C23H24N2O6S. The van der Waals surface area contributed by atoms with Gasteiger partial charge in [0.1, 0.15) is 10.5 Å². The Morgan fingerprint density at radius 3 is 2.81 bits per heavy atom. The molecule has 2 heterocycles. The van der Waals surface area contributed by atoms with E-state index in [9.17, 15) is 14.4 Å². The molecule has 2 aromatic heterocycles. The predicted molar refractivity (Wildman–Crippen MR) is 119 cm³/mol. The summed E-state index contributed by atoms with van der Waals surface area (Å²) in [7, 11) is 0. The van der Waals surface area contributed by atoms with Crippen LogP contribution in [0.5, 0.6) is 0 Å². The molecule has 0 spiro atoms. The zero-order valence-electron chi connectivity index (χ0n) is 17.9. The molecule has 0 fully saturated rings. The average molecular weight is 457 g/mol. The number of esters is 2. The Morgan fingerprint density at radius 2 is 2.00 bits per heavy atom. The lowest BCUT2D eigenvalue weighted by molar-refractivity contribution is -0.123. The number of aromatic nitrogens is 1. The van der Waals surface area contributed by atoms with E-state index in [0.717, 1.165) is 42.5 Å². The second kappa shape index (κ2) is 9.52. The second-order valence-corrected chi connectivity index (χ2v) is 8.64. The first kappa shape index (κ1) is 22.0. The molecule has 1 atom stereocenters. The maximum absolute atomic E-state index is 12.8. The van der Waals surface area contributed by atoms with E-state index in [-0.39, 0.29) is 12.2 Å². The van der Waals surface area contributed by atoms with Crippen LogP contribution in [0.25, 0.3) is 11.1 Å². The number of nitrogens with zero attached hydrogens (tertiary/aromatic N) is 1. The van der Waals surface area contributed by atoms with Crippen LogP contribution in [0.4, 0.5) is 5.00 Å². The Hall–Kier alpha value is -3.20. The van der Waals surface area contributed by atoms with Crippen molar-refractivity contribution >= 4 is 45.3 Å². The fraction of sp³-hybridized carbons (Fsp3) is 0.391. The van der Waals surface area contributed by atoms with Crippen LogP contribution in [0.2, 0.25) is 0 Å². The number of benzene rings is 1. The minimum absolute atomic E-state index is 0.214. The summed E-state index contributed by atoms with van der Waals surface area (Å²) in [4.78, 5) is 43.3. The first-order valence-electron chi connectivity index (χ1n) is 10.6. The summed E-state index contributed by atoms with van der Waals surface area (Å²) in [5.74, 6) is -1.64. The molecule has 1 N–H and O–H groups in total. The largest absolute Gasteiger partial charge is 0.462 e. The lowest BCUT2D eigenvalue weighted by Crippen LogP contribution is -2.30. The molecule has 3 aromatic rings. The minimum Gasteiger partial charge on any atom is -0.462 e. The molecule has 1 aliphatic rings. The molecule has 0 saturated heterocycles. The van der Waals surface area contributed by atoms with Crippen molar-refractivity contribution in [3.05, 3.63) is 46.2 Å². The number of hydrogen-bond donors (Lipinski definition) is 1. The average Bonchev–Trinajstić information content (AvgIpc) is 3.31. The van der Waals surface area contributed by atoms with E-state index in [1.807, 2.05) is 0 Å². The molecular weight excluding hydrogens is 432 g/mol. The number of anilines is 1. The lowest BCUT2D eigenvalue weighted by atomic mass is 10.1. The third-order valence-electron chi connectivity index (χ3n) is 5.37. The van der Waals surface area contributed by atoms with Crippen molar-refractivity contribution < 1.29 is 28.3 Å². The van der Waals surface area contributed by atoms with Gasteiger partial charge in [0.15, 0.2) is 18.1 Å². The van der Waals surface area contributed by atoms with Crippen LogP contribution in [-0.4, -0.2) is 35.5 Å². The topological polar surface area (TPSA) is 108 Å². The monoisotopic (exact) mass is 456 g/mol. The maximum atomic E-state index is 12.8. The van der Waals surface area contributed by atoms with Gasteiger partial charge in [-0.2, -0.15) is 0 Å². The van der Waals surface area contributed by atoms with E-state index < -0.39 is 23.9 Å². The SMILES string of the molecule is CCOC(=O)c1c(NC(=O)C(C)OC(=O)c2cccc3ocnc23)sc2c1CCCCC2. The van der Waals surface area contributed by atoms with E-state index >= 15 is 0 Å². The van der Waals surface area contributed by atoms with Crippen LogP contribution in [0.15, 0.2) is 29.0 Å². The molecule has 1 unspecified atom stereocenters. The number of carbonyl (C=O) groups excluding carboxylic acids is 3. The van der Waals surface area contributed by atoms with Gasteiger partial charge in [-0.1, -0.05) is 12.5 Å². The standard InChI is InChI=1S/C23H24N2O6S/c1-3-29-23(28)18-14-8-5-4-6-11-17(14)32-21(18)25-20(26)13(2)31-22(27)15-9-7-10-16-19(15)24-12-30-16/h7,9-10,12-13H,3-6,8,11H2,1-2H3,(H,25,26). The Labute approximate surface area is 188 Å². The van der Waals surface area contributed by atoms with E-state index in [0.29, 0.717) is 21.7 Å². The minimum atomic E-state index is -1.08. The molecule has 0 radical (unpaired) electrons. The first-order chi connectivity index (χ1) is 15.5. The van der Waals surface area contributed by atoms with Crippen molar-refractivity contribution in [1.29, 1.82) is 0 Å². The third-order valence-corrected chi connectivity index (χ3v) is 6.58. The molecule has 4 rings (SSSR count). The van der Waals surface area contributed by atoms with Gasteiger partial charge in [-0.05, 0) is 57.2 Å². The zero-order valence-corrected chi connectivity index (χ0v) is 18.8. The van der Waals surface area contributed by atoms with E-state index in [1.54, 1.807) is 25.1 Å². The van der Waals surface area contributed by atoms with Crippen LogP contribution >= 0.6 is 11.3 Å². The second-order valence-electron chi connectivity index (χ2n) is 7.53. The summed E-state index contributed by atoms with van der Waals surface area (Å²) in [5, 5.41) is 3.23. The Morgan fingerprint density at radius 1 is 1.19 bits per heavy atom. The summed E-state index contributed by atoms with van der Waals surface area (Å²) in [5.41, 5.74) is 2.43. The van der Waals surface area contributed by atoms with Gasteiger partial charge < -0.3 is 19.2 Å². The molecule has 168 valence electrons. The van der Waals surface area contributed by atoms with Gasteiger partial charge in [-0.3, -0.25) is 4.79 Å². The molecule has 9 heteroatoms. The molecule has 0 bridgehead atoms. The van der Waals surface area contributed by atoms with Gasteiger partial charge in [0.05, 0.1) is 17.7 Å². The number of nitrogens with one attached hydrogen (secondary N) is 1. The van der Waals surface area contributed by atoms with Crippen LogP contribution < -0.4 is 5.32 Å². The number of amides is 1. The number of carbonyl (C=O) groups is 3. The predicted octanol–water partition coefficient (Wildman–Crippen LogP) is 4.52. The molecule has 1 aliphatic carbocycles.